The Bertz CT molecular complexity index is 591. The molecule has 0 saturated heterocycles. The number of benzene rings is 1. The minimum Gasteiger partial charge on any atom is -0.393 e. The third-order valence-electron chi connectivity index (χ3n) is 3.30. The smallest absolute Gasteiger partial charge is 0.254 e. The second-order valence-corrected chi connectivity index (χ2v) is 5.00. The van der Waals surface area contributed by atoms with Crippen molar-refractivity contribution in [3.8, 4) is 5.69 Å². The van der Waals surface area contributed by atoms with Gasteiger partial charge < -0.3 is 10.4 Å². The Hall–Kier alpha value is -2.14. The van der Waals surface area contributed by atoms with Crippen LogP contribution >= 0.6 is 0 Å². The van der Waals surface area contributed by atoms with Crippen molar-refractivity contribution in [3.63, 3.8) is 0 Å². The highest BCUT2D eigenvalue weighted by Crippen LogP contribution is 2.15. The molecular weight excluding hydrogens is 266 g/mol. The molecule has 1 amide bonds. The fraction of sp³-hybridized carbons (Fsp3) is 0.375. The largest absolute Gasteiger partial charge is 0.393 e. The number of para-hydroxylation sites is 1. The van der Waals surface area contributed by atoms with Crippen LogP contribution in [0.25, 0.3) is 5.69 Å². The third kappa shape index (κ3) is 3.70. The van der Waals surface area contributed by atoms with Crippen LogP contribution in [0.4, 0.5) is 0 Å². The zero-order valence-electron chi connectivity index (χ0n) is 12.4. The number of aliphatic hydroxyl groups excluding tert-OH is 1. The summed E-state index contributed by atoms with van der Waals surface area (Å²) in [7, 11) is 0. The molecule has 5 nitrogen and oxygen atoms in total. The number of nitrogens with one attached hydrogen (secondary N) is 1. The molecule has 0 aliphatic carbocycles. The van der Waals surface area contributed by atoms with E-state index in [9.17, 15) is 9.90 Å². The lowest BCUT2D eigenvalue weighted by molar-refractivity contribution is 0.0944. The first kappa shape index (κ1) is 15.3. The number of amides is 1. The van der Waals surface area contributed by atoms with Crippen molar-refractivity contribution in [2.75, 3.05) is 6.54 Å². The molecule has 0 aliphatic heterocycles. The van der Waals surface area contributed by atoms with Crippen LogP contribution in [0.3, 0.4) is 0 Å². The van der Waals surface area contributed by atoms with Crippen molar-refractivity contribution >= 4 is 5.91 Å². The van der Waals surface area contributed by atoms with Gasteiger partial charge in [0.25, 0.3) is 5.91 Å². The SMILES string of the molecule is CCc1c(C(=O)NCCC(C)O)cnn1-c1ccccc1. The molecule has 0 fully saturated rings. The Kier molecular flexibility index (Phi) is 5.11. The Labute approximate surface area is 124 Å². The maximum atomic E-state index is 12.2. The third-order valence-corrected chi connectivity index (χ3v) is 3.30. The van der Waals surface area contributed by atoms with Crippen LogP contribution in [0, 0.1) is 0 Å². The van der Waals surface area contributed by atoms with E-state index in [1.54, 1.807) is 17.8 Å². The standard InChI is InChI=1S/C16H21N3O2/c1-3-15-14(16(21)17-10-9-12(2)20)11-18-19(15)13-7-5-4-6-8-13/h4-8,11-12,20H,3,9-10H2,1-2H3,(H,17,21). The summed E-state index contributed by atoms with van der Waals surface area (Å²) in [6.07, 6.45) is 2.44. The van der Waals surface area contributed by atoms with E-state index in [1.165, 1.54) is 0 Å². The molecule has 0 aliphatic rings. The lowest BCUT2D eigenvalue weighted by atomic mass is 10.2. The van der Waals surface area contributed by atoms with Crippen LogP contribution in [-0.2, 0) is 6.42 Å². The summed E-state index contributed by atoms with van der Waals surface area (Å²) in [5.74, 6) is -0.144. The van der Waals surface area contributed by atoms with Gasteiger partial charge in [-0.2, -0.15) is 5.10 Å². The van der Waals surface area contributed by atoms with Gasteiger partial charge in [0.15, 0.2) is 0 Å². The molecule has 112 valence electrons. The van der Waals surface area contributed by atoms with Crippen molar-refractivity contribution < 1.29 is 9.90 Å². The van der Waals surface area contributed by atoms with Gasteiger partial charge in [0.1, 0.15) is 0 Å². The molecule has 21 heavy (non-hydrogen) atoms. The molecule has 1 atom stereocenters. The first-order chi connectivity index (χ1) is 10.1. The van der Waals surface area contributed by atoms with Crippen LogP contribution in [0.2, 0.25) is 0 Å². The highest BCUT2D eigenvalue weighted by molar-refractivity contribution is 5.95. The molecule has 1 heterocycles. The molecule has 0 spiro atoms. The van der Waals surface area contributed by atoms with E-state index >= 15 is 0 Å². The summed E-state index contributed by atoms with van der Waals surface area (Å²) in [6.45, 7) is 4.16. The van der Waals surface area contributed by atoms with Gasteiger partial charge in [-0.05, 0) is 31.9 Å². The molecule has 1 aromatic heterocycles. The zero-order chi connectivity index (χ0) is 15.2. The Morgan fingerprint density at radius 1 is 1.38 bits per heavy atom. The van der Waals surface area contributed by atoms with Crippen LogP contribution < -0.4 is 5.32 Å². The first-order valence-corrected chi connectivity index (χ1v) is 7.22. The molecule has 2 N–H and O–H groups in total. The van der Waals surface area contributed by atoms with Gasteiger partial charge in [-0.15, -0.1) is 0 Å². The fourth-order valence-electron chi connectivity index (χ4n) is 2.19. The average molecular weight is 287 g/mol. The molecule has 2 aromatic rings. The van der Waals surface area contributed by atoms with Gasteiger partial charge in [-0.25, -0.2) is 4.68 Å². The van der Waals surface area contributed by atoms with E-state index in [0.29, 0.717) is 24.9 Å². The van der Waals surface area contributed by atoms with Gasteiger partial charge in [0.05, 0.1) is 29.2 Å². The van der Waals surface area contributed by atoms with E-state index < -0.39 is 6.10 Å². The number of hydrogen-bond acceptors (Lipinski definition) is 3. The minimum absolute atomic E-state index is 0.144. The second kappa shape index (κ2) is 7.04. The number of carbonyl (C=O) groups excluding carboxylic acids is 1. The summed E-state index contributed by atoms with van der Waals surface area (Å²) in [5.41, 5.74) is 2.42. The van der Waals surface area contributed by atoms with Crippen molar-refractivity contribution in [2.45, 2.75) is 32.8 Å². The van der Waals surface area contributed by atoms with Crippen LogP contribution in [-0.4, -0.2) is 33.4 Å². The van der Waals surface area contributed by atoms with Crippen molar-refractivity contribution in [1.29, 1.82) is 0 Å². The number of hydrogen-bond donors (Lipinski definition) is 2. The Morgan fingerprint density at radius 3 is 2.71 bits per heavy atom. The van der Waals surface area contributed by atoms with Gasteiger partial charge in [0, 0.05) is 6.54 Å². The van der Waals surface area contributed by atoms with Gasteiger partial charge >= 0.3 is 0 Å². The average Bonchev–Trinajstić information content (AvgIpc) is 2.91. The summed E-state index contributed by atoms with van der Waals surface area (Å²) < 4.78 is 1.80. The molecule has 1 unspecified atom stereocenters. The lowest BCUT2D eigenvalue weighted by Crippen LogP contribution is -2.27. The summed E-state index contributed by atoms with van der Waals surface area (Å²) in [6, 6.07) is 9.75. The first-order valence-electron chi connectivity index (χ1n) is 7.22. The number of aliphatic hydroxyl groups is 1. The number of aromatic nitrogens is 2. The Morgan fingerprint density at radius 2 is 2.10 bits per heavy atom. The fourth-order valence-corrected chi connectivity index (χ4v) is 2.19. The monoisotopic (exact) mass is 287 g/mol. The molecule has 5 heteroatoms. The molecule has 1 aromatic carbocycles. The van der Waals surface area contributed by atoms with E-state index in [2.05, 4.69) is 10.4 Å². The second-order valence-electron chi connectivity index (χ2n) is 5.00. The summed E-state index contributed by atoms with van der Waals surface area (Å²) in [5, 5.41) is 16.4. The normalized spacial score (nSPS) is 12.1. The number of rotatable bonds is 6. The van der Waals surface area contributed by atoms with Crippen molar-refractivity contribution in [3.05, 3.63) is 47.8 Å². The molecule has 0 radical (unpaired) electrons. The van der Waals surface area contributed by atoms with Gasteiger partial charge in [-0.3, -0.25) is 4.79 Å². The highest BCUT2D eigenvalue weighted by atomic mass is 16.3. The van der Waals surface area contributed by atoms with E-state index in [1.807, 2.05) is 37.3 Å². The van der Waals surface area contributed by atoms with Gasteiger partial charge in [-0.1, -0.05) is 25.1 Å². The maximum Gasteiger partial charge on any atom is 0.254 e. The van der Waals surface area contributed by atoms with Crippen LogP contribution in [0.15, 0.2) is 36.5 Å². The Balaban J connectivity index is 2.18. The summed E-state index contributed by atoms with van der Waals surface area (Å²) in [4.78, 5) is 12.2. The number of nitrogens with zero attached hydrogens (tertiary/aromatic N) is 2. The predicted molar refractivity (Wildman–Crippen MR) is 81.6 cm³/mol. The molecular formula is C16H21N3O2. The summed E-state index contributed by atoms with van der Waals surface area (Å²) >= 11 is 0. The lowest BCUT2D eigenvalue weighted by Gasteiger charge is -2.09. The van der Waals surface area contributed by atoms with Crippen molar-refractivity contribution in [2.24, 2.45) is 0 Å². The maximum absolute atomic E-state index is 12.2. The zero-order valence-corrected chi connectivity index (χ0v) is 12.4. The molecule has 0 bridgehead atoms. The quantitative estimate of drug-likeness (QED) is 0.853. The molecule has 0 saturated carbocycles. The highest BCUT2D eigenvalue weighted by Gasteiger charge is 2.16. The van der Waals surface area contributed by atoms with Gasteiger partial charge in [0.2, 0.25) is 0 Å². The van der Waals surface area contributed by atoms with E-state index in [0.717, 1.165) is 11.4 Å². The predicted octanol–water partition coefficient (Wildman–Crippen LogP) is 1.94. The molecule has 2 rings (SSSR count). The van der Waals surface area contributed by atoms with E-state index in [-0.39, 0.29) is 5.91 Å². The van der Waals surface area contributed by atoms with Crippen LogP contribution in [0.1, 0.15) is 36.3 Å². The van der Waals surface area contributed by atoms with Crippen molar-refractivity contribution in [1.82, 2.24) is 15.1 Å². The topological polar surface area (TPSA) is 67.2 Å². The minimum atomic E-state index is -0.414. The number of carbonyl (C=O) groups is 1. The van der Waals surface area contributed by atoms with Crippen LogP contribution in [0.5, 0.6) is 0 Å². The van der Waals surface area contributed by atoms with E-state index in [4.69, 9.17) is 0 Å².